The fourth-order valence-electron chi connectivity index (χ4n) is 4.55. The fourth-order valence-corrected chi connectivity index (χ4v) is 4.55. The van der Waals surface area contributed by atoms with Crippen LogP contribution in [0.15, 0.2) is 35.8 Å². The van der Waals surface area contributed by atoms with Gasteiger partial charge in [-0.25, -0.2) is 9.18 Å². The molecule has 0 radical (unpaired) electrons. The highest BCUT2D eigenvalue weighted by atomic mass is 19.1. The second kappa shape index (κ2) is 7.58. The molecule has 1 aromatic heterocycles. The summed E-state index contributed by atoms with van der Waals surface area (Å²) in [6.45, 7) is 3.82. The number of aryl methyl sites for hydroxylation is 1. The van der Waals surface area contributed by atoms with E-state index in [9.17, 15) is 19.5 Å². The van der Waals surface area contributed by atoms with E-state index in [-0.39, 0.29) is 28.6 Å². The Balaban J connectivity index is 1.85. The number of anilines is 1. The number of carbonyl (C=O) groups is 2. The van der Waals surface area contributed by atoms with Crippen LogP contribution in [-0.4, -0.2) is 28.7 Å². The molecule has 1 saturated carbocycles. The molecule has 0 unspecified atom stereocenters. The molecule has 2 aliphatic rings. The minimum absolute atomic E-state index is 0.0147. The van der Waals surface area contributed by atoms with Crippen molar-refractivity contribution in [3.05, 3.63) is 63.7 Å². The third-order valence-electron chi connectivity index (χ3n) is 6.24. The lowest BCUT2D eigenvalue weighted by Crippen LogP contribution is -2.20. The Morgan fingerprint density at radius 1 is 1.27 bits per heavy atom. The molecule has 0 saturated heterocycles. The van der Waals surface area contributed by atoms with E-state index in [4.69, 9.17) is 4.74 Å². The van der Waals surface area contributed by atoms with Gasteiger partial charge in [-0.3, -0.25) is 9.59 Å². The van der Waals surface area contributed by atoms with Crippen LogP contribution in [0.25, 0.3) is 28.1 Å². The summed E-state index contributed by atoms with van der Waals surface area (Å²) in [5, 5.41) is 12.3. The Labute approximate surface area is 188 Å². The van der Waals surface area contributed by atoms with Gasteiger partial charge >= 0.3 is 5.97 Å². The second-order valence-electron chi connectivity index (χ2n) is 8.33. The molecule has 8 heteroatoms. The van der Waals surface area contributed by atoms with Crippen molar-refractivity contribution in [2.75, 3.05) is 12.4 Å². The van der Waals surface area contributed by atoms with Gasteiger partial charge in [0.2, 0.25) is 11.3 Å². The molecule has 2 aromatic carbocycles. The quantitative estimate of drug-likeness (QED) is 0.604. The minimum Gasteiger partial charge on any atom is -0.494 e. The second-order valence-corrected chi connectivity index (χ2v) is 8.33. The van der Waals surface area contributed by atoms with Crippen molar-refractivity contribution < 1.29 is 23.8 Å². The summed E-state index contributed by atoms with van der Waals surface area (Å²) in [7, 11) is 1.40. The van der Waals surface area contributed by atoms with Gasteiger partial charge in [0, 0.05) is 18.7 Å². The zero-order valence-corrected chi connectivity index (χ0v) is 17.9. The maximum Gasteiger partial charge on any atom is 0.341 e. The number of nitrogens with one attached hydrogen (secondary N) is 1. The summed E-state index contributed by atoms with van der Waals surface area (Å²) in [5.41, 5.74) is 2.07. The number of hydrogen-bond donors (Lipinski definition) is 2. The lowest BCUT2D eigenvalue weighted by atomic mass is 9.92. The highest BCUT2D eigenvalue weighted by Crippen LogP contribution is 2.45. The maximum atomic E-state index is 15.6. The number of aromatic nitrogens is 1. The maximum absolute atomic E-state index is 15.6. The van der Waals surface area contributed by atoms with Crippen LogP contribution in [0.1, 0.15) is 46.8 Å². The van der Waals surface area contributed by atoms with Crippen LogP contribution in [0.3, 0.4) is 0 Å². The molecule has 33 heavy (non-hydrogen) atoms. The molecule has 0 spiro atoms. The Hall–Kier alpha value is -3.94. The monoisotopic (exact) mass is 448 g/mol. The number of rotatable bonds is 5. The predicted octanol–water partition coefficient (Wildman–Crippen LogP) is 4.38. The van der Waals surface area contributed by atoms with Gasteiger partial charge in [-0.05, 0) is 54.2 Å². The molecule has 2 N–H and O–H groups in total. The number of halogens is 1. The molecule has 0 atom stereocenters. The van der Waals surface area contributed by atoms with Gasteiger partial charge in [0.05, 0.1) is 29.3 Å². The highest BCUT2D eigenvalue weighted by molar-refractivity contribution is 6.00. The number of nitrogens with zero attached hydrogens (tertiary/aromatic N) is 1. The minimum atomic E-state index is -1.35. The third-order valence-corrected chi connectivity index (χ3v) is 6.24. The van der Waals surface area contributed by atoms with E-state index in [0.29, 0.717) is 35.2 Å². The van der Waals surface area contributed by atoms with E-state index in [1.165, 1.54) is 13.3 Å². The Kier molecular flexibility index (Phi) is 4.81. The lowest BCUT2D eigenvalue weighted by molar-refractivity contribution is -0.116. The molecule has 3 aromatic rings. The number of carbonyl (C=O) groups excluding carboxylic acids is 1. The van der Waals surface area contributed by atoms with E-state index in [1.54, 1.807) is 22.8 Å². The summed E-state index contributed by atoms with van der Waals surface area (Å²) in [4.78, 5) is 36.4. The molecule has 5 rings (SSSR count). The Morgan fingerprint density at radius 3 is 2.67 bits per heavy atom. The zero-order chi connectivity index (χ0) is 23.4. The van der Waals surface area contributed by atoms with Gasteiger partial charge in [0.25, 0.3) is 0 Å². The van der Waals surface area contributed by atoms with Crippen LogP contribution in [0.5, 0.6) is 5.75 Å². The molecule has 168 valence electrons. The van der Waals surface area contributed by atoms with Crippen molar-refractivity contribution in [1.29, 1.82) is 0 Å². The average molecular weight is 448 g/mol. The summed E-state index contributed by atoms with van der Waals surface area (Å²) in [6.07, 6.45) is 5.40. The topological polar surface area (TPSA) is 97.6 Å². The van der Waals surface area contributed by atoms with Gasteiger partial charge < -0.3 is 19.7 Å². The molecule has 1 fully saturated rings. The van der Waals surface area contributed by atoms with E-state index in [1.807, 2.05) is 0 Å². The summed E-state index contributed by atoms with van der Waals surface area (Å²) >= 11 is 0. The van der Waals surface area contributed by atoms with Crippen LogP contribution in [-0.2, 0) is 11.2 Å². The molecule has 0 bridgehead atoms. The van der Waals surface area contributed by atoms with E-state index >= 15 is 4.39 Å². The predicted molar refractivity (Wildman–Crippen MR) is 122 cm³/mol. The number of methoxy groups -OCH3 is 1. The molecular formula is C25H21FN2O5. The molecule has 1 aliphatic heterocycles. The number of benzene rings is 2. The molecule has 7 nitrogen and oxygen atoms in total. The van der Waals surface area contributed by atoms with E-state index in [0.717, 1.165) is 24.5 Å². The SMILES string of the molecule is C=Cc1cc(-c2c(F)cc3c(=O)c(C(=O)O)cn(C4CC4)c3c2OC)cc2c1NC(=O)CC2. The third kappa shape index (κ3) is 3.29. The number of ether oxygens (including phenoxy) is 1. The first kappa shape index (κ1) is 20.9. The van der Waals surface area contributed by atoms with Gasteiger partial charge in [-0.15, -0.1) is 0 Å². The van der Waals surface area contributed by atoms with Crippen LogP contribution >= 0.6 is 0 Å². The van der Waals surface area contributed by atoms with E-state index in [2.05, 4.69) is 11.9 Å². The first-order valence-corrected chi connectivity index (χ1v) is 10.6. The number of pyridine rings is 1. The Morgan fingerprint density at radius 2 is 2.03 bits per heavy atom. The van der Waals surface area contributed by atoms with Gasteiger partial charge in [0.1, 0.15) is 11.4 Å². The summed E-state index contributed by atoms with van der Waals surface area (Å²) < 4.78 is 22.9. The van der Waals surface area contributed by atoms with Crippen LogP contribution in [0.4, 0.5) is 10.1 Å². The molecule has 1 amide bonds. The van der Waals surface area contributed by atoms with Crippen LogP contribution < -0.4 is 15.5 Å². The zero-order valence-electron chi connectivity index (χ0n) is 17.9. The fraction of sp³-hybridized carbons (Fsp3) is 0.240. The summed E-state index contributed by atoms with van der Waals surface area (Å²) in [5.74, 6) is -1.97. The van der Waals surface area contributed by atoms with Crippen molar-refractivity contribution in [1.82, 2.24) is 4.57 Å². The first-order chi connectivity index (χ1) is 15.8. The normalized spacial score (nSPS) is 15.2. The van der Waals surface area contributed by atoms with Crippen molar-refractivity contribution in [2.24, 2.45) is 0 Å². The molecule has 2 heterocycles. The van der Waals surface area contributed by atoms with Crippen molar-refractivity contribution >= 4 is 34.5 Å². The van der Waals surface area contributed by atoms with Crippen LogP contribution in [0, 0.1) is 5.82 Å². The standard InChI is InChI=1S/C25H21FN2O5/c1-3-12-8-14(9-13-4-7-19(29)27-21(12)13)20-18(26)10-16-22(24(20)33-2)28(15-5-6-15)11-17(23(16)30)25(31)32/h3,8-11,15H,1,4-7H2,2H3,(H,27,29)(H,31,32). The highest BCUT2D eigenvalue weighted by Gasteiger charge is 2.31. The number of carboxylic acids is 1. The number of hydrogen-bond acceptors (Lipinski definition) is 4. The smallest absolute Gasteiger partial charge is 0.341 e. The largest absolute Gasteiger partial charge is 0.494 e. The Bertz CT molecular complexity index is 1440. The number of carboxylic acid groups (broad SMARTS) is 1. The average Bonchev–Trinajstić information content (AvgIpc) is 3.63. The van der Waals surface area contributed by atoms with Crippen molar-refractivity contribution in [2.45, 2.75) is 31.7 Å². The van der Waals surface area contributed by atoms with Gasteiger partial charge in [-0.2, -0.15) is 0 Å². The number of fused-ring (bicyclic) bond motifs is 2. The van der Waals surface area contributed by atoms with Crippen LogP contribution in [0.2, 0.25) is 0 Å². The molecular weight excluding hydrogens is 427 g/mol. The van der Waals surface area contributed by atoms with Gasteiger partial charge in [0.15, 0.2) is 5.75 Å². The number of amides is 1. The lowest BCUT2D eigenvalue weighted by Gasteiger charge is -2.22. The first-order valence-electron chi connectivity index (χ1n) is 10.6. The van der Waals surface area contributed by atoms with E-state index < -0.39 is 22.8 Å². The number of aromatic carboxylic acids is 1. The van der Waals surface area contributed by atoms with Crippen molar-refractivity contribution in [3.63, 3.8) is 0 Å². The summed E-state index contributed by atoms with van der Waals surface area (Å²) in [6, 6.07) is 4.63. The molecule has 1 aliphatic carbocycles. The van der Waals surface area contributed by atoms with Gasteiger partial charge in [-0.1, -0.05) is 12.7 Å². The van der Waals surface area contributed by atoms with Crippen molar-refractivity contribution in [3.8, 4) is 16.9 Å².